The fourth-order valence-corrected chi connectivity index (χ4v) is 2.02. The zero-order chi connectivity index (χ0) is 13.6. The van der Waals surface area contributed by atoms with E-state index in [1.54, 1.807) is 6.07 Å². The van der Waals surface area contributed by atoms with Crippen LogP contribution in [0.2, 0.25) is 0 Å². The van der Waals surface area contributed by atoms with E-state index in [2.05, 4.69) is 25.7 Å². The maximum atomic E-state index is 13.3. The topological polar surface area (TPSA) is 12.0 Å². The van der Waals surface area contributed by atoms with Gasteiger partial charge in [0.1, 0.15) is 5.82 Å². The van der Waals surface area contributed by atoms with Gasteiger partial charge in [0.2, 0.25) is 0 Å². The van der Waals surface area contributed by atoms with Crippen LogP contribution in [0, 0.1) is 18.2 Å². The van der Waals surface area contributed by atoms with Crippen LogP contribution < -0.4 is 5.32 Å². The van der Waals surface area contributed by atoms with Gasteiger partial charge in [-0.25, -0.2) is 4.39 Å². The SMILES string of the molecule is C=CC(C)(CNCCC)Cc1cc(F)ccc1C. The molecule has 0 amide bonds. The molecule has 2 heteroatoms. The Balaban J connectivity index is 2.77. The minimum absolute atomic E-state index is 0.0340. The molecule has 0 aliphatic carbocycles. The molecule has 0 heterocycles. The summed E-state index contributed by atoms with van der Waals surface area (Å²) in [6.07, 6.45) is 3.91. The summed E-state index contributed by atoms with van der Waals surface area (Å²) in [5, 5.41) is 3.42. The largest absolute Gasteiger partial charge is 0.316 e. The van der Waals surface area contributed by atoms with E-state index in [1.165, 1.54) is 6.07 Å². The molecule has 0 bridgehead atoms. The van der Waals surface area contributed by atoms with Crippen molar-refractivity contribution in [2.75, 3.05) is 13.1 Å². The van der Waals surface area contributed by atoms with Gasteiger partial charge >= 0.3 is 0 Å². The molecule has 0 aliphatic heterocycles. The quantitative estimate of drug-likeness (QED) is 0.571. The Morgan fingerprint density at radius 1 is 1.44 bits per heavy atom. The molecule has 1 rings (SSSR count). The zero-order valence-electron chi connectivity index (χ0n) is 11.7. The van der Waals surface area contributed by atoms with Crippen LogP contribution >= 0.6 is 0 Å². The van der Waals surface area contributed by atoms with Gasteiger partial charge in [-0.15, -0.1) is 6.58 Å². The number of hydrogen-bond donors (Lipinski definition) is 1. The average molecular weight is 249 g/mol. The van der Waals surface area contributed by atoms with Gasteiger partial charge in [0, 0.05) is 12.0 Å². The van der Waals surface area contributed by atoms with Crippen molar-refractivity contribution in [3.05, 3.63) is 47.8 Å². The molecule has 1 atom stereocenters. The predicted molar refractivity (Wildman–Crippen MR) is 76.3 cm³/mol. The van der Waals surface area contributed by atoms with Gasteiger partial charge in [0.15, 0.2) is 0 Å². The number of halogens is 1. The molecule has 0 saturated heterocycles. The number of benzene rings is 1. The smallest absolute Gasteiger partial charge is 0.123 e. The third-order valence-corrected chi connectivity index (χ3v) is 3.35. The zero-order valence-corrected chi connectivity index (χ0v) is 11.7. The Bertz CT molecular complexity index is 400. The standard InChI is InChI=1S/C16H24FN/c1-5-9-18-12-16(4,6-2)11-14-10-15(17)8-7-13(14)3/h6-8,10,18H,2,5,9,11-12H2,1,3-4H3. The third kappa shape index (κ3) is 4.26. The van der Waals surface area contributed by atoms with E-state index < -0.39 is 0 Å². The molecule has 1 nitrogen and oxygen atoms in total. The maximum absolute atomic E-state index is 13.3. The van der Waals surface area contributed by atoms with Crippen molar-refractivity contribution >= 4 is 0 Å². The molecule has 1 aromatic carbocycles. The number of rotatable bonds is 7. The molecule has 100 valence electrons. The van der Waals surface area contributed by atoms with Crippen LogP contribution in [0.4, 0.5) is 4.39 Å². The molecule has 1 N–H and O–H groups in total. The van der Waals surface area contributed by atoms with Crippen LogP contribution in [-0.4, -0.2) is 13.1 Å². The first-order valence-corrected chi connectivity index (χ1v) is 6.60. The van der Waals surface area contributed by atoms with Gasteiger partial charge in [0.25, 0.3) is 0 Å². The Hall–Kier alpha value is -1.15. The summed E-state index contributed by atoms with van der Waals surface area (Å²) in [6.45, 7) is 12.1. The van der Waals surface area contributed by atoms with Crippen LogP contribution in [0.5, 0.6) is 0 Å². The molecule has 0 aliphatic rings. The second kappa shape index (κ2) is 6.69. The Labute approximate surface area is 110 Å². The van der Waals surface area contributed by atoms with Crippen molar-refractivity contribution in [2.24, 2.45) is 5.41 Å². The molecule has 0 saturated carbocycles. The lowest BCUT2D eigenvalue weighted by atomic mass is 9.82. The van der Waals surface area contributed by atoms with E-state index in [-0.39, 0.29) is 11.2 Å². The van der Waals surface area contributed by atoms with Gasteiger partial charge in [-0.3, -0.25) is 0 Å². The minimum atomic E-state index is -0.163. The molecule has 1 unspecified atom stereocenters. The van der Waals surface area contributed by atoms with Crippen molar-refractivity contribution in [1.29, 1.82) is 0 Å². The van der Waals surface area contributed by atoms with Crippen LogP contribution in [0.25, 0.3) is 0 Å². The number of hydrogen-bond acceptors (Lipinski definition) is 1. The van der Waals surface area contributed by atoms with E-state index in [4.69, 9.17) is 0 Å². The lowest BCUT2D eigenvalue weighted by molar-refractivity contribution is 0.390. The first-order chi connectivity index (χ1) is 8.50. The highest BCUT2D eigenvalue weighted by Gasteiger charge is 2.21. The second-order valence-electron chi connectivity index (χ2n) is 5.28. The third-order valence-electron chi connectivity index (χ3n) is 3.35. The van der Waals surface area contributed by atoms with Crippen molar-refractivity contribution in [3.8, 4) is 0 Å². The molecule has 0 fully saturated rings. The number of nitrogens with one attached hydrogen (secondary N) is 1. The summed E-state index contributed by atoms with van der Waals surface area (Å²) in [4.78, 5) is 0. The molecule has 0 aromatic heterocycles. The highest BCUT2D eigenvalue weighted by Crippen LogP contribution is 2.25. The highest BCUT2D eigenvalue weighted by molar-refractivity contribution is 5.28. The summed E-state index contributed by atoms with van der Waals surface area (Å²) in [7, 11) is 0. The summed E-state index contributed by atoms with van der Waals surface area (Å²) in [6, 6.07) is 4.99. The maximum Gasteiger partial charge on any atom is 0.123 e. The molecule has 0 radical (unpaired) electrons. The molecule has 0 spiro atoms. The van der Waals surface area contributed by atoms with Crippen molar-refractivity contribution in [3.63, 3.8) is 0 Å². The Morgan fingerprint density at radius 2 is 2.17 bits per heavy atom. The minimum Gasteiger partial charge on any atom is -0.316 e. The van der Waals surface area contributed by atoms with Crippen LogP contribution in [-0.2, 0) is 6.42 Å². The fourth-order valence-electron chi connectivity index (χ4n) is 2.02. The van der Waals surface area contributed by atoms with Crippen molar-refractivity contribution < 1.29 is 4.39 Å². The van der Waals surface area contributed by atoms with Crippen molar-refractivity contribution in [2.45, 2.75) is 33.6 Å². The summed E-state index contributed by atoms with van der Waals surface area (Å²) >= 11 is 0. The van der Waals surface area contributed by atoms with Gasteiger partial charge in [-0.1, -0.05) is 26.0 Å². The highest BCUT2D eigenvalue weighted by atomic mass is 19.1. The van der Waals surface area contributed by atoms with Crippen LogP contribution in [0.15, 0.2) is 30.9 Å². The van der Waals surface area contributed by atoms with E-state index in [9.17, 15) is 4.39 Å². The van der Waals surface area contributed by atoms with Crippen molar-refractivity contribution in [1.82, 2.24) is 5.32 Å². The van der Waals surface area contributed by atoms with Gasteiger partial charge in [-0.2, -0.15) is 0 Å². The first kappa shape index (κ1) is 14.9. The van der Waals surface area contributed by atoms with E-state index in [1.807, 2.05) is 19.1 Å². The summed E-state index contributed by atoms with van der Waals surface area (Å²) < 4.78 is 13.3. The van der Waals surface area contributed by atoms with E-state index >= 15 is 0 Å². The lowest BCUT2D eigenvalue weighted by Crippen LogP contribution is -2.32. The Morgan fingerprint density at radius 3 is 2.78 bits per heavy atom. The fraction of sp³-hybridized carbons (Fsp3) is 0.500. The normalized spacial score (nSPS) is 14.2. The second-order valence-corrected chi connectivity index (χ2v) is 5.28. The van der Waals surface area contributed by atoms with Crippen LogP contribution in [0.3, 0.4) is 0 Å². The summed E-state index contributed by atoms with van der Waals surface area (Å²) in [5.41, 5.74) is 2.17. The van der Waals surface area contributed by atoms with Gasteiger partial charge < -0.3 is 5.32 Å². The monoisotopic (exact) mass is 249 g/mol. The number of aryl methyl sites for hydroxylation is 1. The predicted octanol–water partition coefficient (Wildman–Crippen LogP) is 3.87. The molecular weight excluding hydrogens is 225 g/mol. The van der Waals surface area contributed by atoms with E-state index in [0.717, 1.165) is 37.1 Å². The van der Waals surface area contributed by atoms with Gasteiger partial charge in [0.05, 0.1) is 0 Å². The molecule has 1 aromatic rings. The summed E-state index contributed by atoms with van der Waals surface area (Å²) in [5.74, 6) is -0.163. The van der Waals surface area contributed by atoms with Gasteiger partial charge in [-0.05, 0) is 49.6 Å². The Kier molecular flexibility index (Phi) is 5.54. The average Bonchev–Trinajstić information content (AvgIpc) is 2.34. The first-order valence-electron chi connectivity index (χ1n) is 6.60. The molecular formula is C16H24FN. The molecule has 18 heavy (non-hydrogen) atoms. The van der Waals surface area contributed by atoms with Crippen LogP contribution in [0.1, 0.15) is 31.4 Å². The van der Waals surface area contributed by atoms with E-state index in [0.29, 0.717) is 0 Å². The lowest BCUT2D eigenvalue weighted by Gasteiger charge is -2.27.